The molecule has 2 aliphatic rings. The first-order valence-electron chi connectivity index (χ1n) is 9.34. The van der Waals surface area contributed by atoms with Gasteiger partial charge in [-0.1, -0.05) is 38.5 Å². The minimum atomic E-state index is 0.0122. The molecule has 138 valence electrons. The van der Waals surface area contributed by atoms with Crippen molar-refractivity contribution < 1.29 is 9.53 Å². The normalized spacial score (nSPS) is 29.5. The SMILES string of the molecule is COc1ccc(C)cc1CN(C)C(=O)N[C@H]1C[C@H]2CC[C@@]1(C)C2(C)C. The quantitative estimate of drug-likeness (QED) is 0.882. The van der Waals surface area contributed by atoms with Gasteiger partial charge in [0.2, 0.25) is 0 Å². The van der Waals surface area contributed by atoms with Gasteiger partial charge in [0, 0.05) is 18.7 Å². The number of rotatable bonds is 4. The van der Waals surface area contributed by atoms with E-state index in [9.17, 15) is 4.79 Å². The van der Waals surface area contributed by atoms with Gasteiger partial charge in [0.25, 0.3) is 0 Å². The van der Waals surface area contributed by atoms with E-state index in [0.29, 0.717) is 12.0 Å². The van der Waals surface area contributed by atoms with Gasteiger partial charge in [0.1, 0.15) is 5.75 Å². The molecule has 1 aromatic carbocycles. The predicted molar refractivity (Wildman–Crippen MR) is 101 cm³/mol. The van der Waals surface area contributed by atoms with Crippen LogP contribution in [-0.2, 0) is 6.54 Å². The van der Waals surface area contributed by atoms with Gasteiger partial charge in [-0.2, -0.15) is 0 Å². The molecule has 2 saturated carbocycles. The summed E-state index contributed by atoms with van der Waals surface area (Å²) in [5, 5.41) is 3.32. The molecule has 0 aromatic heterocycles. The Kier molecular flexibility index (Phi) is 4.50. The first kappa shape index (κ1) is 18.1. The highest BCUT2D eigenvalue weighted by molar-refractivity contribution is 5.74. The highest BCUT2D eigenvalue weighted by atomic mass is 16.5. The molecule has 1 aromatic rings. The second-order valence-corrected chi connectivity index (χ2v) is 8.78. The molecule has 2 fully saturated rings. The Balaban J connectivity index is 1.68. The predicted octanol–water partition coefficient (Wildman–Crippen LogP) is 4.36. The summed E-state index contributed by atoms with van der Waals surface area (Å²) in [6, 6.07) is 6.37. The van der Waals surface area contributed by atoms with E-state index in [1.165, 1.54) is 18.4 Å². The fraction of sp³-hybridized carbons (Fsp3) is 0.667. The zero-order valence-corrected chi connectivity index (χ0v) is 16.5. The maximum atomic E-state index is 12.8. The van der Waals surface area contributed by atoms with Crippen molar-refractivity contribution in [3.05, 3.63) is 29.3 Å². The number of methoxy groups -OCH3 is 1. The summed E-state index contributed by atoms with van der Waals surface area (Å²) in [6.45, 7) is 9.71. The van der Waals surface area contributed by atoms with Crippen molar-refractivity contribution in [3.8, 4) is 5.75 Å². The largest absolute Gasteiger partial charge is 0.496 e. The smallest absolute Gasteiger partial charge is 0.317 e. The van der Waals surface area contributed by atoms with E-state index in [1.54, 1.807) is 12.0 Å². The molecule has 3 atom stereocenters. The lowest BCUT2D eigenvalue weighted by atomic mass is 9.69. The van der Waals surface area contributed by atoms with Gasteiger partial charge in [0.15, 0.2) is 0 Å². The fourth-order valence-corrected chi connectivity index (χ4v) is 5.04. The Labute approximate surface area is 151 Å². The Morgan fingerprint density at radius 2 is 2.08 bits per heavy atom. The Bertz CT molecular complexity index is 670. The minimum Gasteiger partial charge on any atom is -0.496 e. The van der Waals surface area contributed by atoms with Crippen molar-refractivity contribution in [1.29, 1.82) is 0 Å². The van der Waals surface area contributed by atoms with Crippen LogP contribution in [-0.4, -0.2) is 31.1 Å². The Morgan fingerprint density at radius 3 is 2.64 bits per heavy atom. The minimum absolute atomic E-state index is 0.0122. The summed E-state index contributed by atoms with van der Waals surface area (Å²) in [5.74, 6) is 1.56. The molecule has 3 rings (SSSR count). The summed E-state index contributed by atoms with van der Waals surface area (Å²) < 4.78 is 5.44. The molecular weight excluding hydrogens is 312 g/mol. The zero-order valence-electron chi connectivity index (χ0n) is 16.5. The Morgan fingerprint density at radius 1 is 1.36 bits per heavy atom. The molecule has 0 aliphatic heterocycles. The number of nitrogens with zero attached hydrogens (tertiary/aromatic N) is 1. The Hall–Kier alpha value is -1.71. The fourth-order valence-electron chi connectivity index (χ4n) is 5.04. The van der Waals surface area contributed by atoms with E-state index in [4.69, 9.17) is 4.74 Å². The van der Waals surface area contributed by atoms with Crippen molar-refractivity contribution in [2.75, 3.05) is 14.2 Å². The van der Waals surface area contributed by atoms with Crippen LogP contribution in [0.1, 0.15) is 51.2 Å². The standard InChI is InChI=1S/C21H32N2O2/c1-14-7-8-17(25-6)15(11-14)13-23(5)19(24)22-18-12-16-9-10-21(18,4)20(16,2)3/h7-8,11,16,18H,9-10,12-13H2,1-6H3,(H,22,24)/t16-,18+,21-/m1/s1. The second-order valence-electron chi connectivity index (χ2n) is 8.78. The van der Waals surface area contributed by atoms with E-state index >= 15 is 0 Å². The number of nitrogens with one attached hydrogen (secondary N) is 1. The number of ether oxygens (including phenoxy) is 1. The molecular formula is C21H32N2O2. The number of benzene rings is 1. The molecule has 2 bridgehead atoms. The molecule has 25 heavy (non-hydrogen) atoms. The molecule has 0 radical (unpaired) electrons. The number of carbonyl (C=O) groups excluding carboxylic acids is 1. The van der Waals surface area contributed by atoms with Crippen molar-refractivity contribution in [3.63, 3.8) is 0 Å². The third-order valence-corrected chi connectivity index (χ3v) is 7.28. The van der Waals surface area contributed by atoms with Gasteiger partial charge in [-0.3, -0.25) is 0 Å². The van der Waals surface area contributed by atoms with E-state index in [0.717, 1.165) is 23.7 Å². The van der Waals surface area contributed by atoms with Crippen LogP contribution >= 0.6 is 0 Å². The number of fused-ring (bicyclic) bond motifs is 2. The molecule has 0 heterocycles. The maximum Gasteiger partial charge on any atom is 0.317 e. The van der Waals surface area contributed by atoms with Gasteiger partial charge >= 0.3 is 6.03 Å². The number of urea groups is 1. The average molecular weight is 344 g/mol. The monoisotopic (exact) mass is 344 g/mol. The molecule has 0 saturated heterocycles. The summed E-state index contributed by atoms with van der Waals surface area (Å²) in [5.41, 5.74) is 2.73. The van der Waals surface area contributed by atoms with E-state index in [-0.39, 0.29) is 17.5 Å². The molecule has 0 unspecified atom stereocenters. The molecule has 2 aliphatic carbocycles. The first-order chi connectivity index (χ1) is 11.7. The van der Waals surface area contributed by atoms with Crippen molar-refractivity contribution in [2.24, 2.45) is 16.7 Å². The summed E-state index contributed by atoms with van der Waals surface area (Å²) >= 11 is 0. The molecule has 4 heteroatoms. The number of hydrogen-bond acceptors (Lipinski definition) is 2. The highest BCUT2D eigenvalue weighted by Gasteiger charge is 2.61. The van der Waals surface area contributed by atoms with E-state index in [1.807, 2.05) is 19.2 Å². The number of carbonyl (C=O) groups is 1. The van der Waals surface area contributed by atoms with Crippen LogP contribution in [0.4, 0.5) is 4.79 Å². The molecule has 1 N–H and O–H groups in total. The van der Waals surface area contributed by atoms with Crippen LogP contribution in [0.5, 0.6) is 5.75 Å². The summed E-state index contributed by atoms with van der Waals surface area (Å²) in [6.07, 6.45) is 3.62. The molecule has 0 spiro atoms. The van der Waals surface area contributed by atoms with E-state index < -0.39 is 0 Å². The summed E-state index contributed by atoms with van der Waals surface area (Å²) in [4.78, 5) is 14.6. The number of aryl methyl sites for hydroxylation is 1. The highest BCUT2D eigenvalue weighted by Crippen LogP contribution is 2.65. The van der Waals surface area contributed by atoms with E-state index in [2.05, 4.69) is 39.1 Å². The van der Waals surface area contributed by atoms with Gasteiger partial charge in [-0.25, -0.2) is 4.79 Å². The number of amides is 2. The third kappa shape index (κ3) is 2.90. The maximum absolute atomic E-state index is 12.8. The first-order valence-corrected chi connectivity index (χ1v) is 9.34. The van der Waals surface area contributed by atoms with Crippen molar-refractivity contribution in [2.45, 2.75) is 59.5 Å². The van der Waals surface area contributed by atoms with Crippen LogP contribution in [0.3, 0.4) is 0 Å². The van der Waals surface area contributed by atoms with Crippen LogP contribution in [0.25, 0.3) is 0 Å². The topological polar surface area (TPSA) is 41.6 Å². The lowest BCUT2D eigenvalue weighted by Gasteiger charge is -2.40. The van der Waals surface area contributed by atoms with Crippen LogP contribution in [0.2, 0.25) is 0 Å². The lowest BCUT2D eigenvalue weighted by Crippen LogP contribution is -2.50. The molecule has 4 nitrogen and oxygen atoms in total. The summed E-state index contributed by atoms with van der Waals surface area (Å²) in [7, 11) is 3.53. The number of hydrogen-bond donors (Lipinski definition) is 1. The van der Waals surface area contributed by atoms with Gasteiger partial charge in [-0.15, -0.1) is 0 Å². The average Bonchev–Trinajstić information content (AvgIpc) is 2.88. The van der Waals surface area contributed by atoms with Gasteiger partial charge in [-0.05, 0) is 49.0 Å². The van der Waals surface area contributed by atoms with Crippen LogP contribution in [0.15, 0.2) is 18.2 Å². The molecule has 2 amide bonds. The van der Waals surface area contributed by atoms with Gasteiger partial charge in [0.05, 0.1) is 13.7 Å². The lowest BCUT2D eigenvalue weighted by molar-refractivity contribution is 0.118. The van der Waals surface area contributed by atoms with Crippen LogP contribution < -0.4 is 10.1 Å². The zero-order chi connectivity index (χ0) is 18.4. The van der Waals surface area contributed by atoms with Crippen molar-refractivity contribution in [1.82, 2.24) is 10.2 Å². The van der Waals surface area contributed by atoms with Gasteiger partial charge < -0.3 is 15.0 Å². The third-order valence-electron chi connectivity index (χ3n) is 7.28. The second kappa shape index (κ2) is 6.22. The van der Waals surface area contributed by atoms with Crippen LogP contribution in [0, 0.1) is 23.7 Å². The van der Waals surface area contributed by atoms with Crippen molar-refractivity contribution >= 4 is 6.03 Å².